The minimum atomic E-state index is -0.445. The molecule has 0 aliphatic carbocycles. The molecule has 23 heavy (non-hydrogen) atoms. The van der Waals surface area contributed by atoms with Gasteiger partial charge in [-0.1, -0.05) is 30.3 Å². The van der Waals surface area contributed by atoms with E-state index < -0.39 is 5.92 Å². The zero-order valence-corrected chi connectivity index (χ0v) is 12.8. The molecule has 4 nitrogen and oxygen atoms in total. The van der Waals surface area contributed by atoms with Gasteiger partial charge in [0.25, 0.3) is 0 Å². The predicted molar refractivity (Wildman–Crippen MR) is 90.9 cm³/mol. The average Bonchev–Trinajstić information content (AvgIpc) is 2.62. The fraction of sp³-hybridized carbons (Fsp3) is 0.158. The van der Waals surface area contributed by atoms with E-state index in [-0.39, 0.29) is 5.92 Å². The largest absolute Gasteiger partial charge is 0.497 e. The molecule has 2 N–H and O–H groups in total. The second kappa shape index (κ2) is 6.37. The maximum atomic E-state index is 9.46. The van der Waals surface area contributed by atoms with Gasteiger partial charge in [-0.3, -0.25) is 0 Å². The van der Waals surface area contributed by atoms with Crippen LogP contribution in [0.5, 0.6) is 5.75 Å². The zero-order valence-electron chi connectivity index (χ0n) is 12.8. The Kier molecular flexibility index (Phi) is 4.11. The maximum Gasteiger partial charge on any atom is 0.118 e. The third kappa shape index (κ3) is 2.95. The number of nitrogens with two attached hydrogens (primary N) is 1. The van der Waals surface area contributed by atoms with Crippen molar-refractivity contribution in [3.63, 3.8) is 0 Å². The molecule has 2 aromatic rings. The summed E-state index contributed by atoms with van der Waals surface area (Å²) in [5, 5.41) is 9.46. The summed E-state index contributed by atoms with van der Waals surface area (Å²) in [4.78, 5) is 4.43. The maximum absolute atomic E-state index is 9.46. The molecule has 2 aromatic carbocycles. The number of hydrogen-bond acceptors (Lipinski definition) is 4. The van der Waals surface area contributed by atoms with Crippen LogP contribution in [0.4, 0.5) is 0 Å². The molecule has 0 aromatic heterocycles. The van der Waals surface area contributed by atoms with Crippen LogP contribution >= 0.6 is 0 Å². The number of ether oxygens (including phenoxy) is 1. The Morgan fingerprint density at radius 3 is 2.39 bits per heavy atom. The molecule has 0 fully saturated rings. The van der Waals surface area contributed by atoms with E-state index in [1.165, 1.54) is 0 Å². The minimum absolute atomic E-state index is 0.101. The van der Waals surface area contributed by atoms with Crippen LogP contribution in [0.25, 0.3) is 5.70 Å². The molecule has 4 heteroatoms. The first kappa shape index (κ1) is 14.9. The number of amidine groups is 1. The summed E-state index contributed by atoms with van der Waals surface area (Å²) in [6, 6.07) is 19.8. The Hall–Kier alpha value is -3.06. The van der Waals surface area contributed by atoms with Crippen molar-refractivity contribution < 1.29 is 4.74 Å². The summed E-state index contributed by atoms with van der Waals surface area (Å²) in [6.07, 6.45) is 2.02. The molecule has 1 aliphatic rings. The second-order valence-corrected chi connectivity index (χ2v) is 5.36. The van der Waals surface area contributed by atoms with Crippen molar-refractivity contribution in [1.29, 1.82) is 5.26 Å². The third-order valence-corrected chi connectivity index (χ3v) is 3.97. The quantitative estimate of drug-likeness (QED) is 0.945. The van der Waals surface area contributed by atoms with E-state index in [0.717, 1.165) is 22.6 Å². The number of aliphatic imine (C=N–C) groups is 1. The molecule has 1 heterocycles. The lowest BCUT2D eigenvalue weighted by molar-refractivity contribution is 0.415. The Morgan fingerprint density at radius 1 is 1.09 bits per heavy atom. The van der Waals surface area contributed by atoms with Gasteiger partial charge in [0.05, 0.1) is 18.9 Å². The van der Waals surface area contributed by atoms with E-state index in [4.69, 9.17) is 10.5 Å². The summed E-state index contributed by atoms with van der Waals surface area (Å²) in [6.45, 7) is 0. The fourth-order valence-electron chi connectivity index (χ4n) is 2.73. The van der Waals surface area contributed by atoms with Crippen molar-refractivity contribution in [2.24, 2.45) is 16.6 Å². The summed E-state index contributed by atoms with van der Waals surface area (Å²) >= 11 is 0. The van der Waals surface area contributed by atoms with Crippen molar-refractivity contribution in [1.82, 2.24) is 0 Å². The lowest BCUT2D eigenvalue weighted by atomic mass is 9.83. The minimum Gasteiger partial charge on any atom is -0.497 e. The smallest absolute Gasteiger partial charge is 0.118 e. The number of allylic oxidation sites excluding steroid dienone is 1. The third-order valence-electron chi connectivity index (χ3n) is 3.97. The highest BCUT2D eigenvalue weighted by atomic mass is 16.5. The topological polar surface area (TPSA) is 71.4 Å². The highest BCUT2D eigenvalue weighted by molar-refractivity contribution is 5.93. The summed E-state index contributed by atoms with van der Waals surface area (Å²) in [7, 11) is 1.63. The molecule has 0 bridgehead atoms. The van der Waals surface area contributed by atoms with Crippen LogP contribution < -0.4 is 10.5 Å². The molecule has 3 rings (SSSR count). The first-order valence-electron chi connectivity index (χ1n) is 7.38. The SMILES string of the molecule is COc1ccc(C2=C[C@@H](c3ccccc3)[C@H](C#N)C(N)=N2)cc1. The van der Waals surface area contributed by atoms with Crippen LogP contribution in [-0.4, -0.2) is 12.9 Å². The van der Waals surface area contributed by atoms with Gasteiger partial charge in [-0.25, -0.2) is 4.99 Å². The number of hydrogen-bond donors (Lipinski definition) is 1. The van der Waals surface area contributed by atoms with Crippen LogP contribution in [0.15, 0.2) is 65.7 Å². The summed E-state index contributed by atoms with van der Waals surface area (Å²) in [5.74, 6) is 0.599. The van der Waals surface area contributed by atoms with Gasteiger partial charge < -0.3 is 10.5 Å². The van der Waals surface area contributed by atoms with Crippen molar-refractivity contribution in [2.45, 2.75) is 5.92 Å². The number of benzene rings is 2. The Bertz CT molecular complexity index is 786. The number of rotatable bonds is 3. The van der Waals surface area contributed by atoms with Crippen molar-refractivity contribution >= 4 is 11.5 Å². The molecule has 1 aliphatic heterocycles. The molecule has 0 radical (unpaired) electrons. The van der Waals surface area contributed by atoms with Gasteiger partial charge in [0.1, 0.15) is 17.5 Å². The van der Waals surface area contributed by atoms with Crippen LogP contribution in [-0.2, 0) is 0 Å². The van der Waals surface area contributed by atoms with Crippen molar-refractivity contribution in [3.8, 4) is 11.8 Å². The van der Waals surface area contributed by atoms with Gasteiger partial charge in [-0.2, -0.15) is 5.26 Å². The standard InChI is InChI=1S/C19H17N3O/c1-23-15-9-7-14(8-10-15)18-11-16(13-5-3-2-4-6-13)17(12-20)19(21)22-18/h2-11,16-17H,1H3,(H2,21,22)/t16-,17-/m0/s1. The van der Waals surface area contributed by atoms with E-state index >= 15 is 0 Å². The molecule has 0 unspecified atom stereocenters. The zero-order chi connectivity index (χ0) is 16.2. The van der Waals surface area contributed by atoms with E-state index in [2.05, 4.69) is 11.1 Å². The van der Waals surface area contributed by atoms with Gasteiger partial charge in [-0.05, 0) is 35.9 Å². The van der Waals surface area contributed by atoms with E-state index in [1.807, 2.05) is 60.7 Å². The predicted octanol–water partition coefficient (Wildman–Crippen LogP) is 3.33. The number of nitrogens with zero attached hydrogens (tertiary/aromatic N) is 2. The van der Waals surface area contributed by atoms with Gasteiger partial charge in [-0.15, -0.1) is 0 Å². The molecule has 0 spiro atoms. The molecule has 2 atom stereocenters. The van der Waals surface area contributed by atoms with Crippen LogP contribution in [0.2, 0.25) is 0 Å². The van der Waals surface area contributed by atoms with Gasteiger partial charge in [0.2, 0.25) is 0 Å². The fourth-order valence-corrected chi connectivity index (χ4v) is 2.73. The summed E-state index contributed by atoms with van der Waals surface area (Å²) in [5.41, 5.74) is 8.85. The Labute approximate surface area is 135 Å². The highest BCUT2D eigenvalue weighted by Crippen LogP contribution is 2.34. The van der Waals surface area contributed by atoms with E-state index in [0.29, 0.717) is 5.84 Å². The highest BCUT2D eigenvalue weighted by Gasteiger charge is 2.29. The second-order valence-electron chi connectivity index (χ2n) is 5.36. The monoisotopic (exact) mass is 303 g/mol. The van der Waals surface area contributed by atoms with Crippen molar-refractivity contribution in [2.75, 3.05) is 7.11 Å². The Balaban J connectivity index is 2.03. The molecule has 0 saturated heterocycles. The van der Waals surface area contributed by atoms with Crippen molar-refractivity contribution in [3.05, 3.63) is 71.8 Å². The molecular weight excluding hydrogens is 286 g/mol. The average molecular weight is 303 g/mol. The lowest BCUT2D eigenvalue weighted by Crippen LogP contribution is -2.30. The first-order valence-corrected chi connectivity index (χ1v) is 7.38. The van der Waals surface area contributed by atoms with Crippen LogP contribution in [0, 0.1) is 17.2 Å². The van der Waals surface area contributed by atoms with E-state index in [1.54, 1.807) is 7.11 Å². The number of methoxy groups -OCH3 is 1. The molecule has 0 saturated carbocycles. The first-order chi connectivity index (χ1) is 11.2. The summed E-state index contributed by atoms with van der Waals surface area (Å²) < 4.78 is 5.18. The van der Waals surface area contributed by atoms with Gasteiger partial charge in [0.15, 0.2) is 0 Å². The normalized spacial score (nSPS) is 20.2. The van der Waals surface area contributed by atoms with Crippen LogP contribution in [0.3, 0.4) is 0 Å². The molecule has 114 valence electrons. The van der Waals surface area contributed by atoms with E-state index in [9.17, 15) is 5.26 Å². The van der Waals surface area contributed by atoms with Gasteiger partial charge in [0, 0.05) is 11.5 Å². The lowest BCUT2D eigenvalue weighted by Gasteiger charge is -2.24. The van der Waals surface area contributed by atoms with Gasteiger partial charge >= 0.3 is 0 Å². The van der Waals surface area contributed by atoms with Crippen LogP contribution in [0.1, 0.15) is 17.0 Å². The Morgan fingerprint density at radius 2 is 1.78 bits per heavy atom. The molecule has 0 amide bonds. The number of nitriles is 1. The molecular formula is C19H17N3O.